The van der Waals surface area contributed by atoms with Crippen LogP contribution in [0.4, 0.5) is 5.69 Å². The summed E-state index contributed by atoms with van der Waals surface area (Å²) < 4.78 is 14.2. The van der Waals surface area contributed by atoms with Crippen molar-refractivity contribution in [2.75, 3.05) is 7.11 Å². The summed E-state index contributed by atoms with van der Waals surface area (Å²) in [5, 5.41) is 16.0. The minimum absolute atomic E-state index is 0.00473. The molecule has 0 radical (unpaired) electrons. The molecule has 0 fully saturated rings. The van der Waals surface area contributed by atoms with Gasteiger partial charge in [-0.15, -0.1) is 0 Å². The van der Waals surface area contributed by atoms with E-state index in [-0.39, 0.29) is 17.9 Å². The minimum atomic E-state index is -0.447. The lowest BCUT2D eigenvalue weighted by Gasteiger charge is -2.13. The molecule has 0 saturated heterocycles. The smallest absolute Gasteiger partial charge is 0.282 e. The fourth-order valence-electron chi connectivity index (χ4n) is 3.77. The number of halogens is 2. The van der Waals surface area contributed by atoms with Crippen molar-refractivity contribution < 1.29 is 14.4 Å². The number of ether oxygens (including phenoxy) is 2. The maximum atomic E-state index is 13.3. The molecule has 0 unspecified atom stereocenters. The Morgan fingerprint density at radius 1 is 1.13 bits per heavy atom. The monoisotopic (exact) mass is 642 g/mol. The van der Waals surface area contributed by atoms with Gasteiger partial charge in [-0.2, -0.15) is 9.78 Å². The molecule has 11 heteroatoms. The third-order valence-electron chi connectivity index (χ3n) is 5.74. The highest BCUT2D eigenvalue weighted by atomic mass is 79.9. The van der Waals surface area contributed by atoms with Crippen molar-refractivity contribution in [2.45, 2.75) is 32.8 Å². The Morgan fingerprint density at radius 2 is 1.95 bits per heavy atom. The Labute approximate surface area is 235 Å². The zero-order valence-electron chi connectivity index (χ0n) is 20.7. The van der Waals surface area contributed by atoms with Gasteiger partial charge >= 0.3 is 0 Å². The topological polar surface area (TPSA) is 109 Å². The zero-order valence-corrected chi connectivity index (χ0v) is 23.9. The number of nitrogens with zero attached hydrogens (tertiary/aromatic N) is 4. The summed E-state index contributed by atoms with van der Waals surface area (Å²) in [6, 6.07) is 15.1. The fraction of sp³-hybridized carbons (Fsp3) is 0.222. The van der Waals surface area contributed by atoms with Crippen LogP contribution in [0.2, 0.25) is 0 Å². The number of methoxy groups -OCH3 is 1. The molecule has 0 aliphatic rings. The second-order valence-electron chi connectivity index (χ2n) is 8.39. The van der Waals surface area contributed by atoms with Crippen LogP contribution in [0.5, 0.6) is 11.5 Å². The van der Waals surface area contributed by atoms with Gasteiger partial charge in [-0.3, -0.25) is 14.9 Å². The van der Waals surface area contributed by atoms with Crippen molar-refractivity contribution >= 4 is 54.7 Å². The molecule has 1 heterocycles. The summed E-state index contributed by atoms with van der Waals surface area (Å²) in [5.74, 6) is 1.48. The number of unbranched alkanes of at least 4 members (excludes halogenated alkanes) is 1. The number of nitro groups is 1. The Hall–Kier alpha value is -3.57. The van der Waals surface area contributed by atoms with Gasteiger partial charge < -0.3 is 9.47 Å². The first kappa shape index (κ1) is 27.5. The van der Waals surface area contributed by atoms with Crippen LogP contribution >= 0.6 is 31.9 Å². The van der Waals surface area contributed by atoms with Gasteiger partial charge in [-0.25, -0.2) is 4.98 Å². The SMILES string of the molecule is CCCCc1nc2ccc(Br)cc2c(=O)n1N=Cc1cc(OC)c(OCc2cccc([N+](=O)[O-])c2)cc1Br. The van der Waals surface area contributed by atoms with E-state index in [9.17, 15) is 14.9 Å². The summed E-state index contributed by atoms with van der Waals surface area (Å²) in [7, 11) is 1.52. The third kappa shape index (κ3) is 6.28. The predicted molar refractivity (Wildman–Crippen MR) is 153 cm³/mol. The second kappa shape index (κ2) is 12.3. The summed E-state index contributed by atoms with van der Waals surface area (Å²) >= 11 is 6.96. The molecule has 0 N–H and O–H groups in total. The van der Waals surface area contributed by atoms with Gasteiger partial charge in [0.15, 0.2) is 11.5 Å². The van der Waals surface area contributed by atoms with Gasteiger partial charge in [0.1, 0.15) is 12.4 Å². The normalized spacial score (nSPS) is 11.3. The third-order valence-corrected chi connectivity index (χ3v) is 6.92. The van der Waals surface area contributed by atoms with E-state index in [0.29, 0.717) is 50.2 Å². The van der Waals surface area contributed by atoms with Gasteiger partial charge in [0, 0.05) is 33.1 Å². The highest BCUT2D eigenvalue weighted by Gasteiger charge is 2.14. The summed E-state index contributed by atoms with van der Waals surface area (Å²) in [6.07, 6.45) is 4.01. The Bertz CT molecular complexity index is 1590. The van der Waals surface area contributed by atoms with Gasteiger partial charge in [0.2, 0.25) is 0 Å². The predicted octanol–water partition coefficient (Wildman–Crippen LogP) is 6.64. The average molecular weight is 644 g/mol. The number of rotatable bonds is 10. The van der Waals surface area contributed by atoms with Gasteiger partial charge in [-0.1, -0.05) is 41.4 Å². The average Bonchev–Trinajstić information content (AvgIpc) is 2.91. The number of hydrogen-bond acceptors (Lipinski definition) is 7. The maximum Gasteiger partial charge on any atom is 0.282 e. The molecule has 0 aliphatic carbocycles. The molecular formula is C27H24Br2N4O5. The Balaban J connectivity index is 1.65. The van der Waals surface area contributed by atoms with Crippen molar-refractivity contribution in [3.8, 4) is 11.5 Å². The molecular weight excluding hydrogens is 620 g/mol. The minimum Gasteiger partial charge on any atom is -0.493 e. The van der Waals surface area contributed by atoms with Gasteiger partial charge in [0.25, 0.3) is 11.2 Å². The molecule has 0 aliphatic heterocycles. The molecule has 1 aromatic heterocycles. The molecule has 196 valence electrons. The summed E-state index contributed by atoms with van der Waals surface area (Å²) in [5.41, 5.74) is 1.68. The second-order valence-corrected chi connectivity index (χ2v) is 10.2. The highest BCUT2D eigenvalue weighted by molar-refractivity contribution is 9.10. The number of non-ortho nitro benzene ring substituents is 1. The van der Waals surface area contributed by atoms with Crippen LogP contribution in [0, 0.1) is 10.1 Å². The molecule has 0 atom stereocenters. The van der Waals surface area contributed by atoms with E-state index in [4.69, 9.17) is 14.5 Å². The van der Waals surface area contributed by atoms with Gasteiger partial charge in [0.05, 0.1) is 29.2 Å². The van der Waals surface area contributed by atoms with E-state index >= 15 is 0 Å². The van der Waals surface area contributed by atoms with Crippen LogP contribution < -0.4 is 15.0 Å². The molecule has 3 aromatic carbocycles. The van der Waals surface area contributed by atoms with E-state index in [2.05, 4.69) is 43.9 Å². The lowest BCUT2D eigenvalue weighted by Crippen LogP contribution is -2.22. The molecule has 0 amide bonds. The van der Waals surface area contributed by atoms with Crippen LogP contribution in [-0.4, -0.2) is 27.9 Å². The van der Waals surface area contributed by atoms with Crippen LogP contribution in [0.3, 0.4) is 0 Å². The first-order valence-corrected chi connectivity index (χ1v) is 13.4. The summed E-state index contributed by atoms with van der Waals surface area (Å²) in [6.45, 7) is 2.20. The van der Waals surface area contributed by atoms with Crippen molar-refractivity contribution in [3.05, 3.63) is 101 Å². The lowest BCUT2D eigenvalue weighted by molar-refractivity contribution is -0.384. The molecule has 4 rings (SSSR count). The highest BCUT2D eigenvalue weighted by Crippen LogP contribution is 2.33. The molecule has 0 saturated carbocycles. The van der Waals surface area contributed by atoms with Crippen LogP contribution in [-0.2, 0) is 13.0 Å². The zero-order chi connectivity index (χ0) is 27.2. The summed E-state index contributed by atoms with van der Waals surface area (Å²) in [4.78, 5) is 28.6. The van der Waals surface area contributed by atoms with E-state index in [1.165, 1.54) is 23.9 Å². The van der Waals surface area contributed by atoms with Crippen LogP contribution in [0.25, 0.3) is 10.9 Å². The quantitative estimate of drug-likeness (QED) is 0.109. The maximum absolute atomic E-state index is 13.3. The number of fused-ring (bicyclic) bond motifs is 1. The number of aryl methyl sites for hydroxylation is 1. The van der Waals surface area contributed by atoms with Crippen molar-refractivity contribution in [2.24, 2.45) is 5.10 Å². The van der Waals surface area contributed by atoms with Crippen LogP contribution in [0.1, 0.15) is 36.7 Å². The van der Waals surface area contributed by atoms with E-state index < -0.39 is 4.92 Å². The molecule has 0 spiro atoms. The standard InChI is InChI=1S/C27H24Br2N4O5/c1-3-4-8-26-31-23-10-9-19(28)13-21(23)27(34)32(26)30-15-18-12-24(37-2)25(14-22(18)29)38-16-17-6-5-7-20(11-17)33(35)36/h5-7,9-15H,3-4,8,16H2,1-2H3. The number of benzene rings is 3. The molecule has 4 aromatic rings. The van der Waals surface area contributed by atoms with Crippen molar-refractivity contribution in [3.63, 3.8) is 0 Å². The number of nitro benzene ring substituents is 1. The Kier molecular flexibility index (Phi) is 8.90. The molecule has 0 bridgehead atoms. The van der Waals surface area contributed by atoms with E-state index in [1.54, 1.807) is 36.5 Å². The number of hydrogen-bond donors (Lipinski definition) is 0. The first-order valence-electron chi connectivity index (χ1n) is 11.8. The van der Waals surface area contributed by atoms with E-state index in [1.807, 2.05) is 12.1 Å². The van der Waals surface area contributed by atoms with Crippen molar-refractivity contribution in [1.82, 2.24) is 9.66 Å². The van der Waals surface area contributed by atoms with Crippen molar-refractivity contribution in [1.29, 1.82) is 0 Å². The first-order chi connectivity index (χ1) is 18.3. The van der Waals surface area contributed by atoms with E-state index in [0.717, 1.165) is 17.3 Å². The molecule has 38 heavy (non-hydrogen) atoms. The van der Waals surface area contributed by atoms with Gasteiger partial charge in [-0.05, 0) is 58.2 Å². The fourth-order valence-corrected chi connectivity index (χ4v) is 4.56. The lowest BCUT2D eigenvalue weighted by atomic mass is 10.2. The Morgan fingerprint density at radius 3 is 2.68 bits per heavy atom. The number of aromatic nitrogens is 2. The van der Waals surface area contributed by atoms with Crippen LogP contribution in [0.15, 0.2) is 73.4 Å². The molecule has 9 nitrogen and oxygen atoms in total. The largest absolute Gasteiger partial charge is 0.493 e.